The van der Waals surface area contributed by atoms with Crippen molar-refractivity contribution in [2.45, 2.75) is 19.0 Å². The van der Waals surface area contributed by atoms with Crippen molar-refractivity contribution in [2.75, 3.05) is 39.3 Å². The van der Waals surface area contributed by atoms with Crippen LogP contribution in [0.15, 0.2) is 18.2 Å². The van der Waals surface area contributed by atoms with Gasteiger partial charge in [-0.2, -0.15) is 0 Å². The second kappa shape index (κ2) is 6.39. The largest absolute Gasteiger partial charge is 0.314 e. The smallest absolute Gasteiger partial charge is 0.141 e. The van der Waals surface area contributed by atoms with Gasteiger partial charge in [-0.15, -0.1) is 0 Å². The van der Waals surface area contributed by atoms with E-state index in [-0.39, 0.29) is 10.8 Å². The quantitative estimate of drug-likeness (QED) is 0.920. The second-order valence-corrected chi connectivity index (χ2v) is 6.12. The first kappa shape index (κ1) is 14.3. The van der Waals surface area contributed by atoms with Crippen LogP contribution in [0.1, 0.15) is 12.0 Å². The fourth-order valence-corrected chi connectivity index (χ4v) is 3.40. The van der Waals surface area contributed by atoms with E-state index >= 15 is 0 Å². The van der Waals surface area contributed by atoms with Gasteiger partial charge in [0.15, 0.2) is 0 Å². The van der Waals surface area contributed by atoms with Crippen LogP contribution in [-0.4, -0.2) is 55.1 Å². The number of rotatable bonds is 3. The lowest BCUT2D eigenvalue weighted by atomic mass is 10.2. The molecule has 2 aliphatic heterocycles. The highest BCUT2D eigenvalue weighted by Gasteiger charge is 2.28. The van der Waals surface area contributed by atoms with Crippen molar-refractivity contribution < 1.29 is 4.39 Å². The standard InChI is InChI=1S/C15H21ClFN3/c16-14-9-12(1-2-15(14)17)10-19-6-3-13(11-19)20-7-4-18-5-8-20/h1-2,9,13,18H,3-8,10-11H2. The lowest BCUT2D eigenvalue weighted by Crippen LogP contribution is -2.49. The van der Waals surface area contributed by atoms with Crippen molar-refractivity contribution >= 4 is 11.6 Å². The highest BCUT2D eigenvalue weighted by atomic mass is 35.5. The fraction of sp³-hybridized carbons (Fsp3) is 0.600. The van der Waals surface area contributed by atoms with Crippen LogP contribution in [0.25, 0.3) is 0 Å². The zero-order valence-electron chi connectivity index (χ0n) is 11.6. The molecule has 1 N–H and O–H groups in total. The van der Waals surface area contributed by atoms with E-state index in [0.717, 1.165) is 51.4 Å². The molecule has 3 nitrogen and oxygen atoms in total. The van der Waals surface area contributed by atoms with Crippen molar-refractivity contribution in [3.05, 3.63) is 34.6 Å². The SMILES string of the molecule is Fc1ccc(CN2CCC(N3CCNCC3)C2)cc1Cl. The van der Waals surface area contributed by atoms with Crippen LogP contribution in [0.3, 0.4) is 0 Å². The van der Waals surface area contributed by atoms with Crippen LogP contribution in [-0.2, 0) is 6.54 Å². The number of benzene rings is 1. The maximum Gasteiger partial charge on any atom is 0.141 e. The van der Waals surface area contributed by atoms with Crippen molar-refractivity contribution in [1.29, 1.82) is 0 Å². The summed E-state index contributed by atoms with van der Waals surface area (Å²) in [5, 5.41) is 3.62. The van der Waals surface area contributed by atoms with E-state index in [9.17, 15) is 4.39 Å². The molecule has 1 aromatic carbocycles. The minimum absolute atomic E-state index is 0.223. The third-order valence-corrected chi connectivity index (χ3v) is 4.60. The van der Waals surface area contributed by atoms with Gasteiger partial charge in [-0.3, -0.25) is 9.80 Å². The Morgan fingerprint density at radius 3 is 2.80 bits per heavy atom. The molecule has 2 aliphatic rings. The summed E-state index contributed by atoms with van der Waals surface area (Å²) >= 11 is 5.84. The van der Waals surface area contributed by atoms with Crippen molar-refractivity contribution in [2.24, 2.45) is 0 Å². The number of halogens is 2. The van der Waals surface area contributed by atoms with Gasteiger partial charge >= 0.3 is 0 Å². The number of likely N-dealkylation sites (tertiary alicyclic amines) is 1. The summed E-state index contributed by atoms with van der Waals surface area (Å²) in [4.78, 5) is 5.03. The Morgan fingerprint density at radius 2 is 2.05 bits per heavy atom. The lowest BCUT2D eigenvalue weighted by Gasteiger charge is -2.32. The summed E-state index contributed by atoms with van der Waals surface area (Å²) < 4.78 is 13.2. The van der Waals surface area contributed by atoms with Crippen LogP contribution in [0.5, 0.6) is 0 Å². The number of piperazine rings is 1. The molecule has 1 unspecified atom stereocenters. The molecule has 0 saturated carbocycles. The minimum atomic E-state index is -0.337. The van der Waals surface area contributed by atoms with Gasteiger partial charge in [-0.05, 0) is 24.1 Å². The normalized spacial score (nSPS) is 25.2. The van der Waals surface area contributed by atoms with E-state index < -0.39 is 0 Å². The summed E-state index contributed by atoms with van der Waals surface area (Å²) in [7, 11) is 0. The molecule has 1 atom stereocenters. The molecule has 5 heteroatoms. The second-order valence-electron chi connectivity index (χ2n) is 5.71. The predicted octanol–water partition coefficient (Wildman–Crippen LogP) is 1.96. The lowest BCUT2D eigenvalue weighted by molar-refractivity contribution is 0.170. The molecule has 2 saturated heterocycles. The van der Waals surface area contributed by atoms with Gasteiger partial charge in [0.1, 0.15) is 5.82 Å². The first-order chi connectivity index (χ1) is 9.72. The number of nitrogens with one attached hydrogen (secondary N) is 1. The molecule has 20 heavy (non-hydrogen) atoms. The molecule has 0 aromatic heterocycles. The van der Waals surface area contributed by atoms with Crippen LogP contribution in [0, 0.1) is 5.82 Å². The zero-order chi connectivity index (χ0) is 13.9. The Hall–Kier alpha value is -0.680. The van der Waals surface area contributed by atoms with Crippen LogP contribution >= 0.6 is 11.6 Å². The van der Waals surface area contributed by atoms with Gasteiger partial charge < -0.3 is 5.32 Å². The Labute approximate surface area is 124 Å². The molecular weight excluding hydrogens is 277 g/mol. The van der Waals surface area contributed by atoms with Crippen molar-refractivity contribution in [3.63, 3.8) is 0 Å². The average molecular weight is 298 g/mol. The predicted molar refractivity (Wildman–Crippen MR) is 79.5 cm³/mol. The Bertz CT molecular complexity index is 462. The Kier molecular flexibility index (Phi) is 4.56. The molecule has 110 valence electrons. The van der Waals surface area contributed by atoms with Gasteiger partial charge in [0, 0.05) is 51.9 Å². The molecule has 3 rings (SSSR count). The summed E-state index contributed by atoms with van der Waals surface area (Å²) in [5.74, 6) is -0.337. The van der Waals surface area contributed by atoms with Crippen LogP contribution in [0.2, 0.25) is 5.02 Å². The molecular formula is C15H21ClFN3. The van der Waals surface area contributed by atoms with Gasteiger partial charge in [0.25, 0.3) is 0 Å². The topological polar surface area (TPSA) is 18.5 Å². The number of hydrogen-bond acceptors (Lipinski definition) is 3. The minimum Gasteiger partial charge on any atom is -0.314 e. The molecule has 2 heterocycles. The van der Waals surface area contributed by atoms with Crippen LogP contribution < -0.4 is 5.32 Å². The number of nitrogens with zero attached hydrogens (tertiary/aromatic N) is 2. The Balaban J connectivity index is 1.55. The highest BCUT2D eigenvalue weighted by molar-refractivity contribution is 6.30. The Morgan fingerprint density at radius 1 is 1.25 bits per heavy atom. The first-order valence-corrected chi connectivity index (χ1v) is 7.71. The van der Waals surface area contributed by atoms with Gasteiger partial charge in [-0.1, -0.05) is 17.7 Å². The van der Waals surface area contributed by atoms with E-state index in [1.54, 1.807) is 6.07 Å². The zero-order valence-corrected chi connectivity index (χ0v) is 12.4. The van der Waals surface area contributed by atoms with E-state index in [1.807, 2.05) is 6.07 Å². The fourth-order valence-electron chi connectivity index (χ4n) is 3.20. The average Bonchev–Trinajstić information content (AvgIpc) is 2.92. The van der Waals surface area contributed by atoms with E-state index in [1.165, 1.54) is 12.5 Å². The van der Waals surface area contributed by atoms with Crippen molar-refractivity contribution in [3.8, 4) is 0 Å². The number of hydrogen-bond donors (Lipinski definition) is 1. The molecule has 0 bridgehead atoms. The summed E-state index contributed by atoms with van der Waals surface area (Å²) in [6.07, 6.45) is 1.23. The summed E-state index contributed by atoms with van der Waals surface area (Å²) in [5.41, 5.74) is 1.09. The monoisotopic (exact) mass is 297 g/mol. The molecule has 1 aromatic rings. The van der Waals surface area contributed by atoms with Crippen molar-refractivity contribution in [1.82, 2.24) is 15.1 Å². The molecule has 0 aliphatic carbocycles. The van der Waals surface area contributed by atoms with Gasteiger partial charge in [-0.25, -0.2) is 4.39 Å². The van der Waals surface area contributed by atoms with E-state index in [4.69, 9.17) is 11.6 Å². The van der Waals surface area contributed by atoms with Gasteiger partial charge in [0.05, 0.1) is 5.02 Å². The summed E-state index contributed by atoms with van der Waals surface area (Å²) in [6.45, 7) is 7.59. The van der Waals surface area contributed by atoms with E-state index in [2.05, 4.69) is 15.1 Å². The third-order valence-electron chi connectivity index (χ3n) is 4.31. The molecule has 0 radical (unpaired) electrons. The summed E-state index contributed by atoms with van der Waals surface area (Å²) in [6, 6.07) is 5.71. The van der Waals surface area contributed by atoms with Crippen LogP contribution in [0.4, 0.5) is 4.39 Å². The maximum absolute atomic E-state index is 13.2. The first-order valence-electron chi connectivity index (χ1n) is 7.33. The maximum atomic E-state index is 13.2. The molecule has 2 fully saturated rings. The van der Waals surface area contributed by atoms with E-state index in [0.29, 0.717) is 6.04 Å². The molecule has 0 spiro atoms. The van der Waals surface area contributed by atoms with Gasteiger partial charge in [0.2, 0.25) is 0 Å². The highest BCUT2D eigenvalue weighted by Crippen LogP contribution is 2.21. The molecule has 0 amide bonds. The third kappa shape index (κ3) is 3.31.